The van der Waals surface area contributed by atoms with Crippen molar-refractivity contribution in [1.29, 1.82) is 0 Å². The summed E-state index contributed by atoms with van der Waals surface area (Å²) in [7, 11) is 0. The summed E-state index contributed by atoms with van der Waals surface area (Å²) in [6.07, 6.45) is 0. The van der Waals surface area contributed by atoms with E-state index in [1.165, 1.54) is 4.57 Å². The van der Waals surface area contributed by atoms with E-state index >= 15 is 0 Å². The Morgan fingerprint density at radius 2 is 2.30 bits per heavy atom. The number of phenols is 1. The largest absolute Gasteiger partial charge is 0.507 e. The van der Waals surface area contributed by atoms with Crippen molar-refractivity contribution in [2.75, 3.05) is 5.75 Å². The predicted octanol–water partition coefficient (Wildman–Crippen LogP) is 1.41. The lowest BCUT2D eigenvalue weighted by Crippen LogP contribution is -2.16. The number of thioether (sulfide) groups is 1. The predicted molar refractivity (Wildman–Crippen MR) is 71.6 cm³/mol. The molecular formula is C12H12FN3O3S. The van der Waals surface area contributed by atoms with E-state index in [-0.39, 0.29) is 22.8 Å². The van der Waals surface area contributed by atoms with Gasteiger partial charge in [-0.2, -0.15) is 0 Å². The zero-order valence-corrected chi connectivity index (χ0v) is 11.4. The fraction of sp³-hybridized carbons (Fsp3) is 0.250. The highest BCUT2D eigenvalue weighted by Gasteiger charge is 2.15. The molecule has 1 aromatic heterocycles. The minimum Gasteiger partial charge on any atom is -0.507 e. The molecule has 20 heavy (non-hydrogen) atoms. The van der Waals surface area contributed by atoms with Crippen LogP contribution in [-0.4, -0.2) is 31.4 Å². The van der Waals surface area contributed by atoms with E-state index < -0.39 is 11.6 Å². The second-order valence-electron chi connectivity index (χ2n) is 3.93. The van der Waals surface area contributed by atoms with Crippen LogP contribution in [0, 0.1) is 5.82 Å². The number of aromatic nitrogens is 3. The van der Waals surface area contributed by atoms with Gasteiger partial charge in [-0.15, -0.1) is 5.10 Å². The van der Waals surface area contributed by atoms with Gasteiger partial charge in [0, 0.05) is 6.54 Å². The summed E-state index contributed by atoms with van der Waals surface area (Å²) in [6, 6.07) is 3.18. The van der Waals surface area contributed by atoms with Crippen LogP contribution >= 0.6 is 11.8 Å². The Hall–Kier alpha value is -2.09. The Kier molecular flexibility index (Phi) is 4.23. The Balaban J connectivity index is 2.12. The summed E-state index contributed by atoms with van der Waals surface area (Å²) in [5.74, 6) is -1.36. The van der Waals surface area contributed by atoms with Gasteiger partial charge in [-0.1, -0.05) is 11.8 Å². The van der Waals surface area contributed by atoms with Gasteiger partial charge in [0.05, 0.1) is 11.3 Å². The van der Waals surface area contributed by atoms with Gasteiger partial charge in [-0.05, 0) is 25.1 Å². The van der Waals surface area contributed by atoms with Crippen molar-refractivity contribution in [3.63, 3.8) is 0 Å². The number of Topliss-reactive ketones (excluding diaryl/α,β-unsaturated/α-hetero) is 1. The van der Waals surface area contributed by atoms with Crippen LogP contribution in [0.3, 0.4) is 0 Å². The summed E-state index contributed by atoms with van der Waals surface area (Å²) in [5, 5.41) is 16.0. The first-order chi connectivity index (χ1) is 9.52. The van der Waals surface area contributed by atoms with Crippen LogP contribution in [0.1, 0.15) is 17.3 Å². The molecule has 0 atom stereocenters. The van der Waals surface area contributed by atoms with Crippen LogP contribution in [0.4, 0.5) is 4.39 Å². The molecule has 1 aromatic carbocycles. The molecule has 0 aliphatic carbocycles. The highest BCUT2D eigenvalue weighted by molar-refractivity contribution is 7.99. The lowest BCUT2D eigenvalue weighted by molar-refractivity contribution is 0.101. The Morgan fingerprint density at radius 1 is 1.55 bits per heavy atom. The van der Waals surface area contributed by atoms with Crippen molar-refractivity contribution in [3.8, 4) is 5.75 Å². The van der Waals surface area contributed by atoms with E-state index in [1.54, 1.807) is 6.92 Å². The molecule has 0 spiro atoms. The fourth-order valence-corrected chi connectivity index (χ4v) is 2.53. The van der Waals surface area contributed by atoms with Crippen LogP contribution in [0.15, 0.2) is 28.2 Å². The number of rotatable bonds is 5. The molecule has 0 amide bonds. The van der Waals surface area contributed by atoms with Crippen molar-refractivity contribution in [1.82, 2.24) is 14.8 Å². The molecule has 2 aromatic rings. The number of nitrogens with one attached hydrogen (secondary N) is 1. The fourth-order valence-electron chi connectivity index (χ4n) is 1.63. The van der Waals surface area contributed by atoms with Crippen LogP contribution < -0.4 is 5.69 Å². The first-order valence-corrected chi connectivity index (χ1v) is 6.81. The molecule has 2 N–H and O–H groups in total. The monoisotopic (exact) mass is 297 g/mol. The number of aromatic amines is 1. The van der Waals surface area contributed by atoms with Gasteiger partial charge in [-0.3, -0.25) is 9.36 Å². The van der Waals surface area contributed by atoms with Crippen LogP contribution in [0.5, 0.6) is 5.75 Å². The van der Waals surface area contributed by atoms with E-state index in [4.69, 9.17) is 0 Å². The number of hydrogen-bond donors (Lipinski definition) is 2. The van der Waals surface area contributed by atoms with E-state index in [2.05, 4.69) is 10.2 Å². The zero-order chi connectivity index (χ0) is 14.7. The number of phenolic OH excluding ortho intramolecular Hbond substituents is 1. The highest BCUT2D eigenvalue weighted by atomic mass is 32.2. The second-order valence-corrected chi connectivity index (χ2v) is 4.87. The average Bonchev–Trinajstić information content (AvgIpc) is 2.79. The van der Waals surface area contributed by atoms with Crippen molar-refractivity contribution >= 4 is 17.5 Å². The molecule has 0 aliphatic heterocycles. The minimum absolute atomic E-state index is 0.0543. The van der Waals surface area contributed by atoms with Crippen molar-refractivity contribution in [2.24, 2.45) is 0 Å². The molecule has 0 unspecified atom stereocenters. The van der Waals surface area contributed by atoms with Gasteiger partial charge >= 0.3 is 5.69 Å². The smallest absolute Gasteiger partial charge is 0.343 e. The first-order valence-electron chi connectivity index (χ1n) is 5.82. The number of halogens is 1. The third kappa shape index (κ3) is 2.90. The zero-order valence-electron chi connectivity index (χ0n) is 10.6. The van der Waals surface area contributed by atoms with E-state index in [0.29, 0.717) is 11.7 Å². The maximum absolute atomic E-state index is 13.1. The summed E-state index contributed by atoms with van der Waals surface area (Å²) in [5.41, 5.74) is -0.436. The number of H-pyrrole nitrogens is 1. The Bertz CT molecular complexity index is 695. The maximum atomic E-state index is 13.1. The molecule has 106 valence electrons. The number of aromatic hydroxyl groups is 1. The molecule has 2 rings (SSSR count). The standard InChI is InChI=1S/C12H12FN3O3S/c1-2-16-11(19)14-15-12(16)20-6-10(18)8-5-7(13)3-4-9(8)17/h3-5,17H,2,6H2,1H3,(H,14,19). The molecular weight excluding hydrogens is 285 g/mol. The molecule has 1 heterocycles. The summed E-state index contributed by atoms with van der Waals surface area (Å²) < 4.78 is 14.4. The van der Waals surface area contributed by atoms with Crippen LogP contribution in [0.25, 0.3) is 0 Å². The number of ketones is 1. The number of hydrogen-bond acceptors (Lipinski definition) is 5. The lowest BCUT2D eigenvalue weighted by atomic mass is 10.1. The Labute approximate surface area is 117 Å². The third-order valence-corrected chi connectivity index (χ3v) is 3.61. The molecule has 0 aliphatic rings. The van der Waals surface area contributed by atoms with Gasteiger partial charge in [-0.25, -0.2) is 14.3 Å². The SMILES string of the molecule is CCn1c(SCC(=O)c2cc(F)ccc2O)n[nH]c1=O. The summed E-state index contributed by atoms with van der Waals surface area (Å²) in [4.78, 5) is 23.3. The number of benzene rings is 1. The van der Waals surface area contributed by atoms with Crippen LogP contribution in [-0.2, 0) is 6.54 Å². The number of nitrogens with zero attached hydrogens (tertiary/aromatic N) is 2. The summed E-state index contributed by atoms with van der Waals surface area (Å²) >= 11 is 1.05. The van der Waals surface area contributed by atoms with E-state index in [9.17, 15) is 19.1 Å². The van der Waals surface area contributed by atoms with Gasteiger partial charge in [0.1, 0.15) is 11.6 Å². The van der Waals surface area contributed by atoms with Crippen LogP contribution in [0.2, 0.25) is 0 Å². The minimum atomic E-state index is -0.596. The lowest BCUT2D eigenvalue weighted by Gasteiger charge is -2.04. The van der Waals surface area contributed by atoms with E-state index in [1.807, 2.05) is 0 Å². The number of carbonyl (C=O) groups is 1. The molecule has 0 saturated heterocycles. The first kappa shape index (κ1) is 14.3. The molecule has 0 bridgehead atoms. The highest BCUT2D eigenvalue weighted by Crippen LogP contribution is 2.22. The summed E-state index contributed by atoms with van der Waals surface area (Å²) in [6.45, 7) is 2.21. The van der Waals surface area contributed by atoms with E-state index in [0.717, 1.165) is 30.0 Å². The van der Waals surface area contributed by atoms with Crippen molar-refractivity contribution in [2.45, 2.75) is 18.6 Å². The number of carbonyl (C=O) groups excluding carboxylic acids is 1. The quantitative estimate of drug-likeness (QED) is 0.643. The molecule has 0 saturated carbocycles. The van der Waals surface area contributed by atoms with Gasteiger partial charge in [0.2, 0.25) is 0 Å². The normalized spacial score (nSPS) is 10.7. The second kappa shape index (κ2) is 5.91. The van der Waals surface area contributed by atoms with Crippen molar-refractivity contribution in [3.05, 3.63) is 40.1 Å². The third-order valence-electron chi connectivity index (χ3n) is 2.63. The topological polar surface area (TPSA) is 88.0 Å². The Morgan fingerprint density at radius 3 is 3.00 bits per heavy atom. The molecule has 8 heteroatoms. The molecule has 6 nitrogen and oxygen atoms in total. The molecule has 0 radical (unpaired) electrons. The van der Waals surface area contributed by atoms with Gasteiger partial charge in [0.15, 0.2) is 10.9 Å². The molecule has 0 fully saturated rings. The average molecular weight is 297 g/mol. The maximum Gasteiger partial charge on any atom is 0.343 e. The van der Waals surface area contributed by atoms with Crippen molar-refractivity contribution < 1.29 is 14.3 Å². The van der Waals surface area contributed by atoms with Gasteiger partial charge in [0.25, 0.3) is 0 Å². The van der Waals surface area contributed by atoms with Gasteiger partial charge < -0.3 is 5.11 Å².